The number of halogens is 1. The number of amides is 1. The van der Waals surface area contributed by atoms with Gasteiger partial charge in [-0.1, -0.05) is 67.1 Å². The highest BCUT2D eigenvalue weighted by Crippen LogP contribution is 2.15. The van der Waals surface area contributed by atoms with E-state index in [2.05, 4.69) is 59.1 Å². The van der Waals surface area contributed by atoms with Crippen LogP contribution in [0.4, 0.5) is 0 Å². The number of hydrogen-bond acceptors (Lipinski definition) is 2. The number of nitrogens with zero attached hydrogens (tertiary/aromatic N) is 1. The van der Waals surface area contributed by atoms with E-state index in [9.17, 15) is 4.79 Å². The Morgan fingerprint density at radius 1 is 1.04 bits per heavy atom. The number of rotatable bonds is 7. The van der Waals surface area contributed by atoms with Gasteiger partial charge in [-0.25, -0.2) is 0 Å². The van der Waals surface area contributed by atoms with Crippen molar-refractivity contribution in [2.45, 2.75) is 26.3 Å². The molecular weight excluding hydrogens is 451 g/mol. The Balaban J connectivity index is 0.00000364. The average molecular weight is 480 g/mol. The molecule has 1 unspecified atom stereocenters. The number of guanidine groups is 1. The van der Waals surface area contributed by atoms with Gasteiger partial charge in [0.05, 0.1) is 6.54 Å². The molecule has 27 heavy (non-hydrogen) atoms. The lowest BCUT2D eigenvalue weighted by Gasteiger charge is -2.16. The van der Waals surface area contributed by atoms with Crippen LogP contribution in [0, 0.1) is 6.92 Å². The summed E-state index contributed by atoms with van der Waals surface area (Å²) in [6.45, 7) is 5.72. The summed E-state index contributed by atoms with van der Waals surface area (Å²) in [4.78, 5) is 16.2. The van der Waals surface area contributed by atoms with Gasteiger partial charge < -0.3 is 16.0 Å². The van der Waals surface area contributed by atoms with E-state index in [0.717, 1.165) is 12.1 Å². The lowest BCUT2D eigenvalue weighted by Crippen LogP contribution is -2.43. The van der Waals surface area contributed by atoms with Gasteiger partial charge in [-0.3, -0.25) is 9.79 Å². The molecule has 0 fully saturated rings. The third-order valence-electron chi connectivity index (χ3n) is 4.16. The number of aliphatic imine (C=N–C) groups is 1. The number of carbonyl (C=O) groups excluding carboxylic acids is 1. The fraction of sp³-hybridized carbons (Fsp3) is 0.333. The molecular formula is C21H29IN4O. The molecule has 0 heterocycles. The maximum Gasteiger partial charge on any atom is 0.239 e. The summed E-state index contributed by atoms with van der Waals surface area (Å²) in [7, 11) is 1.70. The van der Waals surface area contributed by atoms with Crippen LogP contribution in [0.25, 0.3) is 0 Å². The van der Waals surface area contributed by atoms with E-state index in [1.165, 1.54) is 11.1 Å². The highest BCUT2D eigenvalue weighted by Gasteiger charge is 2.08. The van der Waals surface area contributed by atoms with Gasteiger partial charge in [0.25, 0.3) is 0 Å². The zero-order valence-electron chi connectivity index (χ0n) is 16.2. The van der Waals surface area contributed by atoms with Crippen LogP contribution in [0.3, 0.4) is 0 Å². The Labute approximate surface area is 179 Å². The Kier molecular flexibility index (Phi) is 10.5. The molecule has 0 aliphatic heterocycles. The van der Waals surface area contributed by atoms with Crippen LogP contribution in [-0.2, 0) is 11.3 Å². The van der Waals surface area contributed by atoms with Crippen molar-refractivity contribution in [2.24, 2.45) is 4.99 Å². The lowest BCUT2D eigenvalue weighted by molar-refractivity contribution is -0.120. The predicted molar refractivity (Wildman–Crippen MR) is 123 cm³/mol. The van der Waals surface area contributed by atoms with Gasteiger partial charge >= 0.3 is 0 Å². The number of nitrogens with one attached hydrogen (secondary N) is 3. The van der Waals surface area contributed by atoms with E-state index < -0.39 is 0 Å². The van der Waals surface area contributed by atoms with Crippen LogP contribution in [0.1, 0.15) is 29.5 Å². The fourth-order valence-electron chi connectivity index (χ4n) is 2.59. The molecule has 6 heteroatoms. The summed E-state index contributed by atoms with van der Waals surface area (Å²) in [6.07, 6.45) is 0. The number of aryl methyl sites for hydroxylation is 1. The van der Waals surface area contributed by atoms with Gasteiger partial charge in [0.2, 0.25) is 5.91 Å². The molecule has 0 aliphatic carbocycles. The zero-order valence-corrected chi connectivity index (χ0v) is 18.5. The first kappa shape index (κ1) is 23.0. The molecule has 2 aromatic rings. The quantitative estimate of drug-likeness (QED) is 0.324. The van der Waals surface area contributed by atoms with E-state index in [4.69, 9.17) is 0 Å². The third kappa shape index (κ3) is 8.43. The van der Waals surface area contributed by atoms with Crippen LogP contribution in [0.2, 0.25) is 0 Å². The van der Waals surface area contributed by atoms with Crippen LogP contribution < -0.4 is 16.0 Å². The second-order valence-electron chi connectivity index (χ2n) is 6.38. The predicted octanol–water partition coefficient (Wildman–Crippen LogP) is 3.20. The van der Waals surface area contributed by atoms with Crippen molar-refractivity contribution >= 4 is 35.8 Å². The summed E-state index contributed by atoms with van der Waals surface area (Å²) in [5, 5.41) is 9.22. The van der Waals surface area contributed by atoms with Crippen molar-refractivity contribution < 1.29 is 4.79 Å². The summed E-state index contributed by atoms with van der Waals surface area (Å²) in [5.74, 6) is 0.906. The van der Waals surface area contributed by atoms with Crippen LogP contribution in [0.15, 0.2) is 59.6 Å². The third-order valence-corrected chi connectivity index (χ3v) is 4.16. The van der Waals surface area contributed by atoms with E-state index >= 15 is 0 Å². The van der Waals surface area contributed by atoms with E-state index in [-0.39, 0.29) is 36.4 Å². The molecule has 0 spiro atoms. The topological polar surface area (TPSA) is 65.5 Å². The van der Waals surface area contributed by atoms with Crippen molar-refractivity contribution in [1.29, 1.82) is 0 Å². The molecule has 1 amide bonds. The van der Waals surface area contributed by atoms with Crippen molar-refractivity contribution in [3.8, 4) is 0 Å². The minimum atomic E-state index is -0.0662. The Morgan fingerprint density at radius 2 is 1.78 bits per heavy atom. The highest BCUT2D eigenvalue weighted by atomic mass is 127. The summed E-state index contributed by atoms with van der Waals surface area (Å²) >= 11 is 0. The second-order valence-corrected chi connectivity index (χ2v) is 6.38. The molecule has 0 aliphatic rings. The first-order chi connectivity index (χ1) is 12.6. The van der Waals surface area contributed by atoms with Crippen LogP contribution >= 0.6 is 24.0 Å². The summed E-state index contributed by atoms with van der Waals surface area (Å²) in [5.41, 5.74) is 3.62. The Morgan fingerprint density at radius 3 is 2.44 bits per heavy atom. The first-order valence-electron chi connectivity index (χ1n) is 8.90. The van der Waals surface area contributed by atoms with Gasteiger partial charge in [0.15, 0.2) is 5.96 Å². The number of carbonyl (C=O) groups is 1. The monoisotopic (exact) mass is 480 g/mol. The molecule has 2 rings (SSSR count). The summed E-state index contributed by atoms with van der Waals surface area (Å²) < 4.78 is 0. The van der Waals surface area contributed by atoms with Crippen molar-refractivity contribution in [3.05, 3.63) is 71.3 Å². The Bertz CT molecular complexity index is 734. The lowest BCUT2D eigenvalue weighted by atomic mass is 9.99. The van der Waals surface area contributed by atoms with Crippen molar-refractivity contribution in [3.63, 3.8) is 0 Å². The molecule has 0 radical (unpaired) electrons. The molecule has 146 valence electrons. The van der Waals surface area contributed by atoms with Crippen LogP contribution in [-0.4, -0.2) is 32.0 Å². The molecule has 0 bridgehead atoms. The molecule has 0 aromatic heterocycles. The van der Waals surface area contributed by atoms with Gasteiger partial charge in [0.1, 0.15) is 0 Å². The van der Waals surface area contributed by atoms with Crippen molar-refractivity contribution in [2.75, 3.05) is 20.1 Å². The van der Waals surface area contributed by atoms with Gasteiger partial charge in [-0.15, -0.1) is 24.0 Å². The minimum absolute atomic E-state index is 0. The largest absolute Gasteiger partial charge is 0.356 e. The molecule has 2 aromatic carbocycles. The molecule has 5 nitrogen and oxygen atoms in total. The van der Waals surface area contributed by atoms with Gasteiger partial charge in [0, 0.05) is 20.1 Å². The minimum Gasteiger partial charge on any atom is -0.356 e. The normalized spacial score (nSPS) is 11.9. The fourth-order valence-corrected chi connectivity index (χ4v) is 2.59. The summed E-state index contributed by atoms with van der Waals surface area (Å²) in [6, 6.07) is 18.3. The molecule has 1 atom stereocenters. The second kappa shape index (κ2) is 12.3. The smallest absolute Gasteiger partial charge is 0.239 e. The molecule has 0 saturated carbocycles. The Hall–Kier alpha value is -2.09. The van der Waals surface area contributed by atoms with E-state index in [1.807, 2.05) is 30.3 Å². The maximum atomic E-state index is 12.0. The zero-order chi connectivity index (χ0) is 18.8. The maximum absolute atomic E-state index is 12.0. The number of benzene rings is 2. The highest BCUT2D eigenvalue weighted by molar-refractivity contribution is 14.0. The van der Waals surface area contributed by atoms with E-state index in [0.29, 0.717) is 18.4 Å². The van der Waals surface area contributed by atoms with Gasteiger partial charge in [-0.2, -0.15) is 0 Å². The van der Waals surface area contributed by atoms with E-state index in [1.54, 1.807) is 7.05 Å². The standard InChI is InChI=1S/C21H28N4O.HI/c1-16-8-7-11-19(12-16)17(2)13-24-21(22-3)25-15-20(26)23-14-18-9-5-4-6-10-18;/h4-12,17H,13-15H2,1-3H3,(H,23,26)(H2,22,24,25);1H. The average Bonchev–Trinajstić information content (AvgIpc) is 2.67. The van der Waals surface area contributed by atoms with Crippen LogP contribution in [0.5, 0.6) is 0 Å². The van der Waals surface area contributed by atoms with Crippen molar-refractivity contribution in [1.82, 2.24) is 16.0 Å². The molecule has 0 saturated heterocycles. The molecule has 3 N–H and O–H groups in total. The SMILES string of the molecule is CN=C(NCC(=O)NCc1ccccc1)NCC(C)c1cccc(C)c1.I. The first-order valence-corrected chi connectivity index (χ1v) is 8.90. The van der Waals surface area contributed by atoms with Gasteiger partial charge in [-0.05, 0) is 24.0 Å². The number of hydrogen-bond donors (Lipinski definition) is 3.